The second-order valence-corrected chi connectivity index (χ2v) is 4.51. The van der Waals surface area contributed by atoms with Gasteiger partial charge in [0.1, 0.15) is 11.0 Å². The first-order chi connectivity index (χ1) is 10.3. The van der Waals surface area contributed by atoms with E-state index >= 15 is 0 Å². The molecule has 19 heavy (non-hydrogen) atoms. The van der Waals surface area contributed by atoms with Crippen LogP contribution in [0.1, 0.15) is 4.11 Å². The minimum absolute atomic E-state index is 0.396. The van der Waals surface area contributed by atoms with E-state index in [9.17, 15) is 0 Å². The third kappa shape index (κ3) is 2.01. The van der Waals surface area contributed by atoms with Gasteiger partial charge in [-0.1, -0.05) is 11.6 Å². The first kappa shape index (κ1) is 9.12. The molecule has 2 aromatic rings. The molecule has 0 aromatic carbocycles. The molecule has 0 N–H and O–H groups in total. The zero-order chi connectivity index (χ0) is 15.9. The summed E-state index contributed by atoms with van der Waals surface area (Å²) in [6.07, 6.45) is 5.64. The fraction of sp³-hybridized carbons (Fsp3) is 0.231. The Morgan fingerprint density at radius 2 is 2.37 bits per heavy atom. The van der Waals surface area contributed by atoms with Crippen LogP contribution in [0.25, 0.3) is 10.9 Å². The standard InChI is InChI=1S/C13H13ClN4O/c1-17-10-8-16-11(14)6-9(10)7-12(17)18-5-3-4-15-13(18)19-2/h3-8,13H,1-2H3/i2D3. The van der Waals surface area contributed by atoms with Crippen LogP contribution < -0.4 is 4.90 Å². The molecule has 1 aliphatic rings. The summed E-state index contributed by atoms with van der Waals surface area (Å²) in [6.45, 7) is 0. The van der Waals surface area contributed by atoms with Crippen LogP contribution in [0.5, 0.6) is 0 Å². The predicted octanol–water partition coefficient (Wildman–Crippen LogP) is 2.56. The molecule has 0 aliphatic carbocycles. The van der Waals surface area contributed by atoms with Crippen molar-refractivity contribution in [1.82, 2.24) is 9.55 Å². The number of rotatable bonds is 2. The summed E-state index contributed by atoms with van der Waals surface area (Å²) in [4.78, 5) is 9.78. The van der Waals surface area contributed by atoms with Crippen LogP contribution in [-0.4, -0.2) is 29.2 Å². The number of aromatic nitrogens is 2. The Morgan fingerprint density at radius 1 is 1.47 bits per heavy atom. The second kappa shape index (κ2) is 4.68. The van der Waals surface area contributed by atoms with Gasteiger partial charge in [0.15, 0.2) is 0 Å². The SMILES string of the molecule is [2H]C([2H])([2H])OC1N=CC=CN1c1cc2cc(Cl)ncc2n1C. The van der Waals surface area contributed by atoms with E-state index in [2.05, 4.69) is 9.98 Å². The molecule has 2 aromatic heterocycles. The summed E-state index contributed by atoms with van der Waals surface area (Å²) in [7, 11) is -0.688. The highest BCUT2D eigenvalue weighted by atomic mass is 35.5. The lowest BCUT2D eigenvalue weighted by Gasteiger charge is -2.28. The number of fused-ring (bicyclic) bond motifs is 1. The van der Waals surface area contributed by atoms with Gasteiger partial charge in [-0.2, -0.15) is 0 Å². The third-order valence-corrected chi connectivity index (χ3v) is 3.23. The summed E-state index contributed by atoms with van der Waals surface area (Å²) in [5.74, 6) is 0.724. The van der Waals surface area contributed by atoms with Crippen molar-refractivity contribution in [2.75, 3.05) is 11.9 Å². The van der Waals surface area contributed by atoms with Gasteiger partial charge in [0.2, 0.25) is 6.35 Å². The summed E-state index contributed by atoms with van der Waals surface area (Å²) >= 11 is 5.91. The van der Waals surface area contributed by atoms with Crippen LogP contribution >= 0.6 is 11.6 Å². The summed E-state index contributed by atoms with van der Waals surface area (Å²) in [6, 6.07) is 3.63. The zero-order valence-corrected chi connectivity index (χ0v) is 10.9. The number of ether oxygens (including phenoxy) is 1. The summed E-state index contributed by atoms with van der Waals surface area (Å²) in [5, 5.41) is 1.29. The highest BCUT2D eigenvalue weighted by Gasteiger charge is 2.20. The Balaban J connectivity index is 2.03. The van der Waals surface area contributed by atoms with E-state index < -0.39 is 13.4 Å². The lowest BCUT2D eigenvalue weighted by atomic mass is 10.3. The lowest BCUT2D eigenvalue weighted by molar-refractivity contribution is 0.113. The first-order valence-electron chi connectivity index (χ1n) is 7.12. The van der Waals surface area contributed by atoms with Crippen molar-refractivity contribution in [3.05, 3.63) is 35.8 Å². The molecular weight excluding hydrogens is 264 g/mol. The van der Waals surface area contributed by atoms with Crippen LogP contribution in [0.3, 0.4) is 0 Å². The van der Waals surface area contributed by atoms with Crippen molar-refractivity contribution in [2.45, 2.75) is 6.35 Å². The number of nitrogens with zero attached hydrogens (tertiary/aromatic N) is 4. The topological polar surface area (TPSA) is 42.6 Å². The van der Waals surface area contributed by atoms with Crippen molar-refractivity contribution in [1.29, 1.82) is 0 Å². The number of hydrogen-bond donors (Lipinski definition) is 0. The average Bonchev–Trinajstić information content (AvgIpc) is 2.74. The van der Waals surface area contributed by atoms with E-state index in [1.165, 1.54) is 6.21 Å². The zero-order valence-electron chi connectivity index (χ0n) is 13.1. The van der Waals surface area contributed by atoms with Crippen molar-refractivity contribution in [2.24, 2.45) is 12.0 Å². The second-order valence-electron chi connectivity index (χ2n) is 4.12. The van der Waals surface area contributed by atoms with Crippen molar-refractivity contribution >= 4 is 34.5 Å². The number of hydrogen-bond acceptors (Lipinski definition) is 4. The number of pyridine rings is 1. The van der Waals surface area contributed by atoms with Gasteiger partial charge in [0.25, 0.3) is 0 Å². The fourth-order valence-electron chi connectivity index (χ4n) is 2.12. The van der Waals surface area contributed by atoms with E-state index in [1.807, 2.05) is 17.7 Å². The van der Waals surface area contributed by atoms with Crippen molar-refractivity contribution < 1.29 is 8.85 Å². The average molecular weight is 280 g/mol. The van der Waals surface area contributed by atoms with Crippen LogP contribution in [-0.2, 0) is 11.8 Å². The molecule has 0 saturated heterocycles. The van der Waals surface area contributed by atoms with E-state index in [1.54, 1.807) is 29.4 Å². The van der Waals surface area contributed by atoms with Crippen molar-refractivity contribution in [3.8, 4) is 0 Å². The summed E-state index contributed by atoms with van der Waals surface area (Å²) < 4.78 is 28.7. The van der Waals surface area contributed by atoms with Gasteiger partial charge in [0, 0.05) is 31.9 Å². The van der Waals surface area contributed by atoms with E-state index in [0.29, 0.717) is 5.15 Å². The number of anilines is 1. The van der Waals surface area contributed by atoms with Crippen molar-refractivity contribution in [3.63, 3.8) is 0 Å². The Kier molecular flexibility index (Phi) is 2.24. The molecule has 1 aliphatic heterocycles. The van der Waals surface area contributed by atoms with Gasteiger partial charge < -0.3 is 9.30 Å². The number of aryl methyl sites for hydroxylation is 1. The molecule has 6 heteroatoms. The van der Waals surface area contributed by atoms with Crippen LogP contribution in [0.2, 0.25) is 5.15 Å². The quantitative estimate of drug-likeness (QED) is 0.794. The Hall–Kier alpha value is -1.85. The molecule has 3 rings (SSSR count). The molecule has 98 valence electrons. The molecular formula is C13H13ClN4O. The molecule has 1 unspecified atom stereocenters. The largest absolute Gasteiger partial charge is 0.342 e. The predicted molar refractivity (Wildman–Crippen MR) is 76.6 cm³/mol. The van der Waals surface area contributed by atoms with Gasteiger partial charge in [0.05, 0.1) is 15.8 Å². The Bertz CT molecular complexity index is 768. The number of aliphatic imine (C=N–C) groups is 1. The maximum absolute atomic E-state index is 7.26. The van der Waals surface area contributed by atoms with Crippen LogP contribution in [0, 0.1) is 0 Å². The normalized spacial score (nSPS) is 21.5. The van der Waals surface area contributed by atoms with Gasteiger partial charge in [-0.3, -0.25) is 4.90 Å². The highest BCUT2D eigenvalue weighted by Crippen LogP contribution is 2.28. The molecule has 0 amide bonds. The smallest absolute Gasteiger partial charge is 0.232 e. The Labute approximate surface area is 120 Å². The molecule has 1 atom stereocenters. The fourth-order valence-corrected chi connectivity index (χ4v) is 2.28. The van der Waals surface area contributed by atoms with E-state index in [0.717, 1.165) is 16.7 Å². The maximum Gasteiger partial charge on any atom is 0.232 e. The Morgan fingerprint density at radius 3 is 3.21 bits per heavy atom. The maximum atomic E-state index is 7.26. The van der Waals surface area contributed by atoms with Gasteiger partial charge in [-0.25, -0.2) is 9.98 Å². The highest BCUT2D eigenvalue weighted by molar-refractivity contribution is 6.30. The first-order valence-corrected chi connectivity index (χ1v) is 6.00. The minimum atomic E-state index is -2.54. The lowest BCUT2D eigenvalue weighted by Crippen LogP contribution is -2.33. The number of allylic oxidation sites excluding steroid dienone is 1. The van der Waals surface area contributed by atoms with Gasteiger partial charge >= 0.3 is 0 Å². The molecule has 0 bridgehead atoms. The molecule has 0 radical (unpaired) electrons. The van der Waals surface area contributed by atoms with Gasteiger partial charge in [-0.05, 0) is 18.2 Å². The molecule has 0 spiro atoms. The molecule has 3 heterocycles. The minimum Gasteiger partial charge on any atom is -0.342 e. The summed E-state index contributed by atoms with van der Waals surface area (Å²) in [5.41, 5.74) is 0.870. The molecule has 5 nitrogen and oxygen atoms in total. The van der Waals surface area contributed by atoms with Gasteiger partial charge in [-0.15, -0.1) is 0 Å². The van der Waals surface area contributed by atoms with Crippen LogP contribution in [0.15, 0.2) is 35.6 Å². The molecule has 0 saturated carbocycles. The molecule has 0 fully saturated rings. The monoisotopic (exact) mass is 279 g/mol. The number of halogens is 1. The third-order valence-electron chi connectivity index (χ3n) is 3.02. The van der Waals surface area contributed by atoms with E-state index in [4.69, 9.17) is 20.5 Å². The van der Waals surface area contributed by atoms with E-state index in [-0.39, 0.29) is 0 Å². The number of methoxy groups -OCH3 is 1. The van der Waals surface area contributed by atoms with Crippen LogP contribution in [0.4, 0.5) is 5.82 Å².